The molecule has 0 spiro atoms. The molecule has 0 unspecified atom stereocenters. The Morgan fingerprint density at radius 1 is 1.25 bits per heavy atom. The van der Waals surface area contributed by atoms with Crippen LogP contribution >= 0.6 is 11.3 Å². The third kappa shape index (κ3) is 1.64. The van der Waals surface area contributed by atoms with Crippen molar-refractivity contribution in [1.82, 2.24) is 4.98 Å². The van der Waals surface area contributed by atoms with E-state index in [9.17, 15) is 0 Å². The zero-order chi connectivity index (χ0) is 8.97. The van der Waals surface area contributed by atoms with Crippen LogP contribution in [-0.2, 0) is 0 Å². The molecule has 0 amide bonds. The first-order chi connectivity index (χ1) is 5.88. The minimum absolute atomic E-state index is 1.13. The van der Waals surface area contributed by atoms with Gasteiger partial charge in [0.2, 0.25) is 0 Å². The van der Waals surface area contributed by atoms with Gasteiger partial charge in [-0.1, -0.05) is 13.8 Å². The van der Waals surface area contributed by atoms with E-state index in [1.165, 1.54) is 10.1 Å². The molecular weight excluding hydrogens is 166 g/mol. The summed E-state index contributed by atoms with van der Waals surface area (Å²) in [6, 6.07) is 4.16. The van der Waals surface area contributed by atoms with Crippen LogP contribution in [0.5, 0.6) is 0 Å². The molecule has 2 rings (SSSR count). The number of nitrogens with zero attached hydrogens (tertiary/aromatic N) is 1. The number of pyridine rings is 1. The SMILES string of the molecule is CC.Cc1nccc2ccsc12. The van der Waals surface area contributed by atoms with Gasteiger partial charge in [-0.15, -0.1) is 11.3 Å². The lowest BCUT2D eigenvalue weighted by atomic mass is 10.3. The third-order valence-electron chi connectivity index (χ3n) is 1.55. The first-order valence-electron chi connectivity index (χ1n) is 4.17. The van der Waals surface area contributed by atoms with Gasteiger partial charge in [-0.3, -0.25) is 4.98 Å². The normalized spacial score (nSPS) is 9.25. The molecule has 0 aromatic carbocycles. The van der Waals surface area contributed by atoms with Gasteiger partial charge in [0, 0.05) is 6.20 Å². The number of hydrogen-bond donors (Lipinski definition) is 0. The fourth-order valence-corrected chi connectivity index (χ4v) is 1.88. The van der Waals surface area contributed by atoms with Gasteiger partial charge in [-0.2, -0.15) is 0 Å². The molecule has 2 aromatic heterocycles. The Morgan fingerprint density at radius 2 is 2.00 bits per heavy atom. The van der Waals surface area contributed by atoms with Gasteiger partial charge < -0.3 is 0 Å². The summed E-state index contributed by atoms with van der Waals surface area (Å²) in [6.45, 7) is 6.04. The second kappa shape index (κ2) is 4.21. The van der Waals surface area contributed by atoms with Crippen LogP contribution in [0.1, 0.15) is 19.5 Å². The molecule has 0 fully saturated rings. The van der Waals surface area contributed by atoms with E-state index in [-0.39, 0.29) is 0 Å². The maximum absolute atomic E-state index is 4.19. The number of hydrogen-bond acceptors (Lipinski definition) is 2. The summed E-state index contributed by atoms with van der Waals surface area (Å²) in [7, 11) is 0. The molecule has 2 heteroatoms. The Labute approximate surface area is 77.1 Å². The minimum atomic E-state index is 1.13. The molecule has 0 aliphatic rings. The van der Waals surface area contributed by atoms with Crippen LogP contribution in [-0.4, -0.2) is 4.98 Å². The van der Waals surface area contributed by atoms with Gasteiger partial charge in [0.25, 0.3) is 0 Å². The predicted octanol–water partition coefficient (Wildman–Crippen LogP) is 3.63. The smallest absolute Gasteiger partial charge is 0.0555 e. The van der Waals surface area contributed by atoms with Crippen LogP contribution in [0.3, 0.4) is 0 Å². The molecule has 2 heterocycles. The second-order valence-electron chi connectivity index (χ2n) is 2.24. The molecule has 0 radical (unpaired) electrons. The average Bonchev–Trinajstić information content (AvgIpc) is 2.57. The van der Waals surface area contributed by atoms with E-state index in [4.69, 9.17) is 0 Å². The summed E-state index contributed by atoms with van der Waals surface area (Å²) in [5.74, 6) is 0. The van der Waals surface area contributed by atoms with Crippen LogP contribution < -0.4 is 0 Å². The molecule has 0 saturated carbocycles. The molecule has 0 bridgehead atoms. The zero-order valence-corrected chi connectivity index (χ0v) is 8.48. The van der Waals surface area contributed by atoms with Crippen LogP contribution in [0, 0.1) is 6.92 Å². The summed E-state index contributed by atoms with van der Waals surface area (Å²) in [5, 5.41) is 3.40. The highest BCUT2D eigenvalue weighted by atomic mass is 32.1. The summed E-state index contributed by atoms with van der Waals surface area (Å²) in [5.41, 5.74) is 1.13. The van der Waals surface area contributed by atoms with Gasteiger partial charge >= 0.3 is 0 Å². The standard InChI is InChI=1S/C8H7NS.C2H6/c1-6-8-7(2-4-9-6)3-5-10-8;1-2/h2-5H,1H3;1-2H3. The van der Waals surface area contributed by atoms with Gasteiger partial charge in [-0.05, 0) is 29.8 Å². The summed E-state index contributed by atoms with van der Waals surface area (Å²) < 4.78 is 1.31. The van der Waals surface area contributed by atoms with E-state index in [0.717, 1.165) is 5.69 Å². The third-order valence-corrected chi connectivity index (χ3v) is 2.59. The van der Waals surface area contributed by atoms with Crippen LogP contribution in [0.2, 0.25) is 0 Å². The fraction of sp³-hybridized carbons (Fsp3) is 0.300. The van der Waals surface area contributed by atoms with Crippen LogP contribution in [0.4, 0.5) is 0 Å². The largest absolute Gasteiger partial charge is 0.260 e. The van der Waals surface area contributed by atoms with Crippen LogP contribution in [0.15, 0.2) is 23.7 Å². The molecule has 0 atom stereocenters. The number of aryl methyl sites for hydroxylation is 1. The number of aromatic nitrogens is 1. The van der Waals surface area contributed by atoms with Gasteiger partial charge in [0.15, 0.2) is 0 Å². The summed E-state index contributed by atoms with van der Waals surface area (Å²) >= 11 is 1.75. The first-order valence-corrected chi connectivity index (χ1v) is 5.05. The fourth-order valence-electron chi connectivity index (χ4n) is 1.03. The Kier molecular flexibility index (Phi) is 3.23. The van der Waals surface area contributed by atoms with Crippen molar-refractivity contribution in [3.8, 4) is 0 Å². The van der Waals surface area contributed by atoms with E-state index in [1.54, 1.807) is 11.3 Å². The van der Waals surface area contributed by atoms with Crippen molar-refractivity contribution >= 4 is 21.4 Å². The van der Waals surface area contributed by atoms with Crippen LogP contribution in [0.25, 0.3) is 10.1 Å². The quantitative estimate of drug-likeness (QED) is 0.601. The molecule has 0 saturated heterocycles. The van der Waals surface area contributed by atoms with E-state index < -0.39 is 0 Å². The van der Waals surface area contributed by atoms with Gasteiger partial charge in [0.1, 0.15) is 0 Å². The predicted molar refractivity (Wildman–Crippen MR) is 55.7 cm³/mol. The van der Waals surface area contributed by atoms with Gasteiger partial charge in [-0.25, -0.2) is 0 Å². The molecular formula is C10H13NS. The molecule has 0 aliphatic heterocycles. The molecule has 0 N–H and O–H groups in total. The molecule has 1 nitrogen and oxygen atoms in total. The maximum atomic E-state index is 4.19. The molecule has 64 valence electrons. The number of rotatable bonds is 0. The van der Waals surface area contributed by atoms with Crippen molar-refractivity contribution in [2.45, 2.75) is 20.8 Å². The van der Waals surface area contributed by atoms with E-state index in [2.05, 4.69) is 16.4 Å². The molecule has 2 aromatic rings. The Hall–Kier alpha value is -0.890. The first kappa shape index (κ1) is 9.20. The average molecular weight is 179 g/mol. The number of fused-ring (bicyclic) bond motifs is 1. The van der Waals surface area contributed by atoms with E-state index in [1.807, 2.05) is 33.0 Å². The summed E-state index contributed by atoms with van der Waals surface area (Å²) in [4.78, 5) is 4.19. The maximum Gasteiger partial charge on any atom is 0.0555 e. The highest BCUT2D eigenvalue weighted by Crippen LogP contribution is 2.21. The Balaban J connectivity index is 0.000000336. The van der Waals surface area contributed by atoms with Gasteiger partial charge in [0.05, 0.1) is 10.4 Å². The lowest BCUT2D eigenvalue weighted by Gasteiger charge is -1.90. The monoisotopic (exact) mass is 179 g/mol. The van der Waals surface area contributed by atoms with Crippen molar-refractivity contribution in [1.29, 1.82) is 0 Å². The van der Waals surface area contributed by atoms with Crippen molar-refractivity contribution in [3.63, 3.8) is 0 Å². The summed E-state index contributed by atoms with van der Waals surface area (Å²) in [6.07, 6.45) is 1.85. The molecule has 12 heavy (non-hydrogen) atoms. The van der Waals surface area contributed by atoms with E-state index in [0.29, 0.717) is 0 Å². The molecule has 0 aliphatic carbocycles. The highest BCUT2D eigenvalue weighted by Gasteiger charge is 1.95. The highest BCUT2D eigenvalue weighted by molar-refractivity contribution is 7.17. The Morgan fingerprint density at radius 3 is 2.67 bits per heavy atom. The lowest BCUT2D eigenvalue weighted by molar-refractivity contribution is 1.24. The van der Waals surface area contributed by atoms with E-state index >= 15 is 0 Å². The topological polar surface area (TPSA) is 12.9 Å². The number of thiophene rings is 1. The zero-order valence-electron chi connectivity index (χ0n) is 7.66. The minimum Gasteiger partial charge on any atom is -0.260 e. The Bertz CT molecular complexity index is 351. The van der Waals surface area contributed by atoms with Crippen molar-refractivity contribution < 1.29 is 0 Å². The van der Waals surface area contributed by atoms with Crippen molar-refractivity contribution in [2.75, 3.05) is 0 Å². The van der Waals surface area contributed by atoms with Crippen molar-refractivity contribution in [3.05, 3.63) is 29.4 Å². The lowest BCUT2D eigenvalue weighted by Crippen LogP contribution is -1.76. The second-order valence-corrected chi connectivity index (χ2v) is 3.15. The van der Waals surface area contributed by atoms with Crippen molar-refractivity contribution in [2.24, 2.45) is 0 Å².